The van der Waals surface area contributed by atoms with Crippen LogP contribution >= 0.6 is 0 Å². The highest BCUT2D eigenvalue weighted by atomic mass is 16.5. The smallest absolute Gasteiger partial charge is 0.338 e. The highest BCUT2D eigenvalue weighted by Gasteiger charge is 2.15. The van der Waals surface area contributed by atoms with E-state index < -0.39 is 0 Å². The zero-order chi connectivity index (χ0) is 20.6. The van der Waals surface area contributed by atoms with Gasteiger partial charge in [0, 0.05) is 25.5 Å². The predicted octanol–water partition coefficient (Wildman–Crippen LogP) is 3.67. The molecule has 0 spiro atoms. The van der Waals surface area contributed by atoms with Crippen LogP contribution in [0.1, 0.15) is 33.3 Å². The number of carbonyl (C=O) groups is 2. The molecule has 1 aromatic heterocycles. The second-order valence-corrected chi connectivity index (χ2v) is 6.34. The average molecular weight is 390 g/mol. The Hall–Kier alpha value is -3.74. The summed E-state index contributed by atoms with van der Waals surface area (Å²) in [7, 11) is 1.73. The van der Waals surface area contributed by atoms with E-state index in [1.54, 1.807) is 49.2 Å². The number of ether oxygens (including phenoxy) is 1. The van der Waals surface area contributed by atoms with Crippen molar-refractivity contribution in [3.05, 3.63) is 83.7 Å². The van der Waals surface area contributed by atoms with E-state index in [4.69, 9.17) is 4.74 Å². The number of rotatable bonds is 7. The lowest BCUT2D eigenvalue weighted by Gasteiger charge is -2.17. The van der Waals surface area contributed by atoms with Crippen LogP contribution in [0.2, 0.25) is 0 Å². The number of nitrogens with one attached hydrogen (secondary N) is 1. The van der Waals surface area contributed by atoms with Crippen LogP contribution in [0.25, 0.3) is 0 Å². The van der Waals surface area contributed by atoms with Gasteiger partial charge in [-0.25, -0.2) is 14.8 Å². The molecule has 3 rings (SSSR count). The van der Waals surface area contributed by atoms with Gasteiger partial charge in [-0.3, -0.25) is 4.79 Å². The van der Waals surface area contributed by atoms with Gasteiger partial charge in [-0.15, -0.1) is 0 Å². The van der Waals surface area contributed by atoms with Crippen LogP contribution in [0.15, 0.2) is 66.9 Å². The van der Waals surface area contributed by atoms with Crippen LogP contribution in [0, 0.1) is 0 Å². The summed E-state index contributed by atoms with van der Waals surface area (Å²) in [5, 5.41) is 3.04. The first kappa shape index (κ1) is 20.0. The standard InChI is InChI=1S/C22H22N4O3/c1-3-29-21(28)17-9-11-18(12-10-17)24-22-23-14-13-19(25-22)20(27)26(2)15-16-7-5-4-6-8-16/h4-14H,3,15H2,1-2H3,(H,23,24,25). The molecule has 7 heteroatoms. The highest BCUT2D eigenvalue weighted by Crippen LogP contribution is 2.15. The number of carbonyl (C=O) groups excluding carboxylic acids is 2. The molecule has 29 heavy (non-hydrogen) atoms. The summed E-state index contributed by atoms with van der Waals surface area (Å²) in [6.07, 6.45) is 1.53. The number of aromatic nitrogens is 2. The minimum absolute atomic E-state index is 0.197. The molecule has 0 unspecified atom stereocenters. The number of hydrogen-bond acceptors (Lipinski definition) is 6. The molecule has 2 aromatic carbocycles. The van der Waals surface area contributed by atoms with E-state index in [0.717, 1.165) is 5.56 Å². The topological polar surface area (TPSA) is 84.4 Å². The molecule has 0 aliphatic heterocycles. The van der Waals surface area contributed by atoms with Crippen molar-refractivity contribution in [1.29, 1.82) is 0 Å². The van der Waals surface area contributed by atoms with Crippen LogP contribution in [-0.2, 0) is 11.3 Å². The molecule has 0 saturated carbocycles. The Balaban J connectivity index is 1.67. The highest BCUT2D eigenvalue weighted by molar-refractivity contribution is 5.92. The zero-order valence-corrected chi connectivity index (χ0v) is 16.3. The zero-order valence-electron chi connectivity index (χ0n) is 16.3. The number of esters is 1. The molecule has 0 bridgehead atoms. The Morgan fingerprint density at radius 1 is 1.03 bits per heavy atom. The molecular formula is C22H22N4O3. The maximum absolute atomic E-state index is 12.7. The summed E-state index contributed by atoms with van der Waals surface area (Å²) >= 11 is 0. The fourth-order valence-electron chi connectivity index (χ4n) is 2.70. The van der Waals surface area contributed by atoms with E-state index in [1.165, 1.54) is 6.20 Å². The van der Waals surface area contributed by atoms with Gasteiger partial charge in [-0.1, -0.05) is 30.3 Å². The average Bonchev–Trinajstić information content (AvgIpc) is 2.75. The van der Waals surface area contributed by atoms with Gasteiger partial charge < -0.3 is 15.0 Å². The fraction of sp³-hybridized carbons (Fsp3) is 0.182. The molecule has 0 aliphatic carbocycles. The van der Waals surface area contributed by atoms with Crippen molar-refractivity contribution >= 4 is 23.5 Å². The summed E-state index contributed by atoms with van der Waals surface area (Å²) in [6.45, 7) is 2.57. The van der Waals surface area contributed by atoms with Crippen molar-refractivity contribution < 1.29 is 14.3 Å². The predicted molar refractivity (Wildman–Crippen MR) is 110 cm³/mol. The molecule has 1 N–H and O–H groups in total. The number of hydrogen-bond donors (Lipinski definition) is 1. The van der Waals surface area contributed by atoms with Gasteiger partial charge in [0.1, 0.15) is 5.69 Å². The summed E-state index contributed by atoms with van der Waals surface area (Å²) in [5.41, 5.74) is 2.49. The number of nitrogens with zero attached hydrogens (tertiary/aromatic N) is 3. The first-order chi connectivity index (χ1) is 14.1. The van der Waals surface area contributed by atoms with E-state index >= 15 is 0 Å². The van der Waals surface area contributed by atoms with Gasteiger partial charge in [0.2, 0.25) is 5.95 Å². The van der Waals surface area contributed by atoms with Crippen molar-refractivity contribution in [2.75, 3.05) is 19.0 Å². The molecule has 0 fully saturated rings. The van der Waals surface area contributed by atoms with Crippen LogP contribution in [-0.4, -0.2) is 40.4 Å². The van der Waals surface area contributed by atoms with E-state index in [1.807, 2.05) is 30.3 Å². The third-order valence-corrected chi connectivity index (χ3v) is 4.14. The summed E-state index contributed by atoms with van der Waals surface area (Å²) in [5.74, 6) is -0.269. The van der Waals surface area contributed by atoms with Gasteiger partial charge in [0.05, 0.1) is 12.2 Å². The van der Waals surface area contributed by atoms with Crippen LogP contribution in [0.5, 0.6) is 0 Å². The summed E-state index contributed by atoms with van der Waals surface area (Å²) in [6, 6.07) is 18.1. The lowest BCUT2D eigenvalue weighted by Crippen LogP contribution is -2.27. The van der Waals surface area contributed by atoms with Crippen LogP contribution in [0.3, 0.4) is 0 Å². The minimum Gasteiger partial charge on any atom is -0.462 e. The first-order valence-electron chi connectivity index (χ1n) is 9.23. The lowest BCUT2D eigenvalue weighted by atomic mass is 10.2. The second-order valence-electron chi connectivity index (χ2n) is 6.34. The molecule has 1 heterocycles. The largest absolute Gasteiger partial charge is 0.462 e. The van der Waals surface area contributed by atoms with E-state index in [-0.39, 0.29) is 11.9 Å². The maximum Gasteiger partial charge on any atom is 0.338 e. The molecule has 0 saturated heterocycles. The van der Waals surface area contributed by atoms with Gasteiger partial charge in [0.15, 0.2) is 0 Å². The van der Waals surface area contributed by atoms with E-state index in [2.05, 4.69) is 15.3 Å². The third kappa shape index (κ3) is 5.38. The van der Waals surface area contributed by atoms with Gasteiger partial charge >= 0.3 is 5.97 Å². The lowest BCUT2D eigenvalue weighted by molar-refractivity contribution is 0.0526. The minimum atomic E-state index is -0.371. The number of anilines is 2. The molecule has 0 radical (unpaired) electrons. The number of amides is 1. The van der Waals surface area contributed by atoms with Crippen molar-refractivity contribution in [3.8, 4) is 0 Å². The summed E-state index contributed by atoms with van der Waals surface area (Å²) < 4.78 is 4.97. The Morgan fingerprint density at radius 3 is 2.45 bits per heavy atom. The van der Waals surface area contributed by atoms with Gasteiger partial charge in [-0.05, 0) is 42.8 Å². The molecular weight excluding hydrogens is 368 g/mol. The summed E-state index contributed by atoms with van der Waals surface area (Å²) in [4.78, 5) is 34.5. The monoisotopic (exact) mass is 390 g/mol. The number of benzene rings is 2. The van der Waals surface area contributed by atoms with Crippen molar-refractivity contribution in [1.82, 2.24) is 14.9 Å². The maximum atomic E-state index is 12.7. The Labute approximate surface area is 169 Å². The Bertz CT molecular complexity index is 975. The third-order valence-electron chi connectivity index (χ3n) is 4.14. The Morgan fingerprint density at radius 2 is 1.76 bits per heavy atom. The van der Waals surface area contributed by atoms with Crippen molar-refractivity contribution in [2.45, 2.75) is 13.5 Å². The normalized spacial score (nSPS) is 10.3. The fourth-order valence-corrected chi connectivity index (χ4v) is 2.70. The molecule has 0 atom stereocenters. The second kappa shape index (κ2) is 9.45. The van der Waals surface area contributed by atoms with Crippen LogP contribution < -0.4 is 5.32 Å². The van der Waals surface area contributed by atoms with E-state index in [0.29, 0.717) is 36.0 Å². The molecule has 3 aromatic rings. The first-order valence-corrected chi connectivity index (χ1v) is 9.23. The quantitative estimate of drug-likeness (QED) is 0.620. The van der Waals surface area contributed by atoms with Gasteiger partial charge in [0.25, 0.3) is 5.91 Å². The van der Waals surface area contributed by atoms with Crippen LogP contribution in [0.4, 0.5) is 11.6 Å². The molecule has 7 nitrogen and oxygen atoms in total. The molecule has 148 valence electrons. The van der Waals surface area contributed by atoms with Crippen molar-refractivity contribution in [2.24, 2.45) is 0 Å². The Kier molecular flexibility index (Phi) is 6.52. The van der Waals surface area contributed by atoms with Gasteiger partial charge in [-0.2, -0.15) is 0 Å². The molecule has 0 aliphatic rings. The van der Waals surface area contributed by atoms with E-state index in [9.17, 15) is 9.59 Å². The molecule has 1 amide bonds. The van der Waals surface area contributed by atoms with Crippen molar-refractivity contribution in [3.63, 3.8) is 0 Å². The SMILES string of the molecule is CCOC(=O)c1ccc(Nc2nccc(C(=O)N(C)Cc3ccccc3)n2)cc1.